The van der Waals surface area contributed by atoms with Gasteiger partial charge in [0.05, 0.1) is 23.5 Å². The number of nitrogens with zero attached hydrogens (tertiary/aromatic N) is 1. The second kappa shape index (κ2) is 7.59. The van der Waals surface area contributed by atoms with Gasteiger partial charge in [-0.05, 0) is 35.7 Å². The van der Waals surface area contributed by atoms with Crippen molar-refractivity contribution in [1.82, 2.24) is 14.6 Å². The van der Waals surface area contributed by atoms with Crippen molar-refractivity contribution in [1.29, 1.82) is 0 Å². The fourth-order valence-electron chi connectivity index (χ4n) is 3.40. The van der Waals surface area contributed by atoms with E-state index in [1.54, 1.807) is 6.07 Å². The van der Waals surface area contributed by atoms with Gasteiger partial charge in [-0.3, -0.25) is 9.69 Å². The molecule has 1 aliphatic rings. The summed E-state index contributed by atoms with van der Waals surface area (Å²) in [5.41, 5.74) is 0.0811. The number of halogens is 1. The third-order valence-electron chi connectivity index (χ3n) is 4.89. The zero-order chi connectivity index (χ0) is 19.7. The molecule has 2 N–H and O–H groups in total. The molecule has 1 saturated heterocycles. The van der Waals surface area contributed by atoms with E-state index in [0.717, 1.165) is 19.2 Å². The quantitative estimate of drug-likeness (QED) is 0.627. The molecule has 9 heteroatoms. The molecule has 4 rings (SSSR count). The van der Waals surface area contributed by atoms with Gasteiger partial charge in [0.1, 0.15) is 5.82 Å². The maximum atomic E-state index is 13.5. The Morgan fingerprint density at radius 3 is 2.64 bits per heavy atom. The van der Waals surface area contributed by atoms with E-state index in [-0.39, 0.29) is 16.8 Å². The number of hydrogen-bond donors (Lipinski definition) is 2. The number of aromatic amines is 1. The molecule has 148 valence electrons. The summed E-state index contributed by atoms with van der Waals surface area (Å²) >= 11 is 0. The molecule has 0 radical (unpaired) electrons. The van der Waals surface area contributed by atoms with Gasteiger partial charge in [-0.15, -0.1) is 0 Å². The molecule has 0 spiro atoms. The van der Waals surface area contributed by atoms with Crippen molar-refractivity contribution in [3.8, 4) is 0 Å². The van der Waals surface area contributed by atoms with Crippen LogP contribution in [0.4, 0.5) is 4.39 Å². The normalized spacial score (nSPS) is 16.0. The molecule has 0 atom stereocenters. The Bertz CT molecular complexity index is 1190. The number of sulfonamides is 1. The van der Waals surface area contributed by atoms with Crippen LogP contribution >= 0.6 is 0 Å². The lowest BCUT2D eigenvalue weighted by Gasteiger charge is -2.26. The molecule has 2 aromatic carbocycles. The van der Waals surface area contributed by atoms with E-state index in [9.17, 15) is 17.6 Å². The summed E-state index contributed by atoms with van der Waals surface area (Å²) in [5.74, 6) is -0.522. The summed E-state index contributed by atoms with van der Waals surface area (Å²) in [7, 11) is -3.71. The lowest BCUT2D eigenvalue weighted by molar-refractivity contribution is 0.0390. The highest BCUT2D eigenvalue weighted by Crippen LogP contribution is 2.24. The predicted molar refractivity (Wildman–Crippen MR) is 104 cm³/mol. The SMILES string of the molecule is O=c1[nH]c2ccc(S(=O)(=O)NCCN3CCOCC3)cc2c2ccc(F)cc12. The van der Waals surface area contributed by atoms with Crippen LogP contribution in [-0.4, -0.2) is 57.7 Å². The van der Waals surface area contributed by atoms with E-state index in [1.165, 1.54) is 24.3 Å². The molecule has 1 aromatic heterocycles. The average molecular weight is 405 g/mol. The molecule has 0 amide bonds. The van der Waals surface area contributed by atoms with E-state index in [0.29, 0.717) is 36.0 Å². The van der Waals surface area contributed by atoms with Crippen LogP contribution in [0, 0.1) is 5.82 Å². The van der Waals surface area contributed by atoms with Gasteiger partial charge in [0, 0.05) is 37.1 Å². The molecule has 0 aliphatic carbocycles. The number of benzene rings is 2. The molecule has 0 bridgehead atoms. The Morgan fingerprint density at radius 1 is 1.07 bits per heavy atom. The lowest BCUT2D eigenvalue weighted by atomic mass is 10.1. The number of nitrogens with one attached hydrogen (secondary N) is 2. The van der Waals surface area contributed by atoms with Crippen molar-refractivity contribution in [2.45, 2.75) is 4.90 Å². The zero-order valence-corrected chi connectivity index (χ0v) is 15.9. The maximum Gasteiger partial charge on any atom is 0.256 e. The summed E-state index contributed by atoms with van der Waals surface area (Å²) in [5, 5.41) is 1.23. The molecule has 1 fully saturated rings. The summed E-state index contributed by atoms with van der Waals surface area (Å²) < 4.78 is 46.8. The Kier molecular flexibility index (Phi) is 5.15. The van der Waals surface area contributed by atoms with Crippen molar-refractivity contribution in [3.05, 3.63) is 52.6 Å². The van der Waals surface area contributed by atoms with Gasteiger partial charge in [0.2, 0.25) is 10.0 Å². The van der Waals surface area contributed by atoms with Crippen molar-refractivity contribution in [2.75, 3.05) is 39.4 Å². The molecule has 7 nitrogen and oxygen atoms in total. The Morgan fingerprint density at radius 2 is 1.86 bits per heavy atom. The molecule has 0 unspecified atom stereocenters. The first kappa shape index (κ1) is 19.0. The number of morpholine rings is 1. The van der Waals surface area contributed by atoms with Crippen LogP contribution in [-0.2, 0) is 14.8 Å². The van der Waals surface area contributed by atoms with Crippen LogP contribution in [0.2, 0.25) is 0 Å². The summed E-state index contributed by atoms with van der Waals surface area (Å²) in [6.45, 7) is 3.78. The van der Waals surface area contributed by atoms with Gasteiger partial charge < -0.3 is 9.72 Å². The molecule has 1 aliphatic heterocycles. The van der Waals surface area contributed by atoms with E-state index >= 15 is 0 Å². The van der Waals surface area contributed by atoms with Crippen LogP contribution < -0.4 is 10.3 Å². The molecule has 0 saturated carbocycles. The third kappa shape index (κ3) is 3.79. The van der Waals surface area contributed by atoms with Gasteiger partial charge >= 0.3 is 0 Å². The zero-order valence-electron chi connectivity index (χ0n) is 15.1. The van der Waals surface area contributed by atoms with Gasteiger partial charge in [0.15, 0.2) is 0 Å². The highest BCUT2D eigenvalue weighted by molar-refractivity contribution is 7.89. The summed E-state index contributed by atoms with van der Waals surface area (Å²) in [6, 6.07) is 8.40. The van der Waals surface area contributed by atoms with Crippen LogP contribution in [0.5, 0.6) is 0 Å². The first-order valence-electron chi connectivity index (χ1n) is 8.99. The summed E-state index contributed by atoms with van der Waals surface area (Å²) in [6.07, 6.45) is 0. The molecular formula is C19H20FN3O4S. The third-order valence-corrected chi connectivity index (χ3v) is 6.35. The van der Waals surface area contributed by atoms with E-state index in [4.69, 9.17) is 4.74 Å². The lowest BCUT2D eigenvalue weighted by Crippen LogP contribution is -2.41. The second-order valence-corrected chi connectivity index (χ2v) is 8.47. The number of fused-ring (bicyclic) bond motifs is 3. The minimum atomic E-state index is -3.71. The Hall–Kier alpha value is -2.33. The molecular weight excluding hydrogens is 385 g/mol. The van der Waals surface area contributed by atoms with Gasteiger partial charge in [-0.2, -0.15) is 0 Å². The summed E-state index contributed by atoms with van der Waals surface area (Å²) in [4.78, 5) is 17.1. The molecule has 3 aromatic rings. The fourth-order valence-corrected chi connectivity index (χ4v) is 4.44. The van der Waals surface area contributed by atoms with Gasteiger partial charge in [-0.25, -0.2) is 17.5 Å². The Balaban J connectivity index is 1.63. The molecule has 2 heterocycles. The van der Waals surface area contributed by atoms with Crippen molar-refractivity contribution in [2.24, 2.45) is 0 Å². The maximum absolute atomic E-state index is 13.5. The van der Waals surface area contributed by atoms with Crippen molar-refractivity contribution >= 4 is 31.7 Å². The minimum absolute atomic E-state index is 0.0969. The van der Waals surface area contributed by atoms with Crippen molar-refractivity contribution < 1.29 is 17.5 Å². The number of pyridine rings is 1. The number of aromatic nitrogens is 1. The monoisotopic (exact) mass is 405 g/mol. The van der Waals surface area contributed by atoms with Crippen LogP contribution in [0.3, 0.4) is 0 Å². The fraction of sp³-hybridized carbons (Fsp3) is 0.316. The smallest absolute Gasteiger partial charge is 0.256 e. The molecule has 28 heavy (non-hydrogen) atoms. The minimum Gasteiger partial charge on any atom is -0.379 e. The predicted octanol–water partition coefficient (Wildman–Crippen LogP) is 1.43. The number of hydrogen-bond acceptors (Lipinski definition) is 5. The van der Waals surface area contributed by atoms with Gasteiger partial charge in [0.25, 0.3) is 5.56 Å². The highest BCUT2D eigenvalue weighted by Gasteiger charge is 2.17. The average Bonchev–Trinajstić information content (AvgIpc) is 2.68. The highest BCUT2D eigenvalue weighted by atomic mass is 32.2. The topological polar surface area (TPSA) is 91.5 Å². The number of rotatable bonds is 5. The number of ether oxygens (including phenoxy) is 1. The van der Waals surface area contributed by atoms with Crippen molar-refractivity contribution in [3.63, 3.8) is 0 Å². The van der Waals surface area contributed by atoms with Gasteiger partial charge in [-0.1, -0.05) is 6.07 Å². The van der Waals surface area contributed by atoms with E-state index in [2.05, 4.69) is 14.6 Å². The van der Waals surface area contributed by atoms with E-state index in [1.807, 2.05) is 0 Å². The van der Waals surface area contributed by atoms with Crippen LogP contribution in [0.15, 0.2) is 46.1 Å². The second-order valence-electron chi connectivity index (χ2n) is 6.70. The first-order chi connectivity index (χ1) is 13.4. The number of H-pyrrole nitrogens is 1. The largest absolute Gasteiger partial charge is 0.379 e. The Labute approximate surface area is 161 Å². The van der Waals surface area contributed by atoms with Crippen LogP contribution in [0.25, 0.3) is 21.7 Å². The standard InChI is InChI=1S/C19H20FN3O4S/c20-13-1-3-15-16-12-14(2-4-18(16)22-19(24)17(15)11-13)28(25,26)21-5-6-23-7-9-27-10-8-23/h1-4,11-12,21H,5-10H2,(H,22,24). The van der Waals surface area contributed by atoms with E-state index < -0.39 is 21.4 Å². The van der Waals surface area contributed by atoms with Crippen LogP contribution in [0.1, 0.15) is 0 Å². The first-order valence-corrected chi connectivity index (χ1v) is 10.5.